The summed E-state index contributed by atoms with van der Waals surface area (Å²) in [5, 5.41) is 3.30. The van der Waals surface area contributed by atoms with Crippen LogP contribution in [0.1, 0.15) is 0 Å². The second-order valence-electron chi connectivity index (χ2n) is 5.52. The molecule has 0 spiro atoms. The van der Waals surface area contributed by atoms with Gasteiger partial charge in [-0.15, -0.1) is 0 Å². The molecular weight excluding hydrogens is 244 g/mol. The number of amides is 1. The second-order valence-corrected chi connectivity index (χ2v) is 5.52. The molecule has 2 aliphatic rings. The highest BCUT2D eigenvalue weighted by Crippen LogP contribution is 2.04. The molecule has 6 heteroatoms. The Morgan fingerprint density at radius 3 is 2.68 bits per heavy atom. The average molecular weight is 270 g/mol. The van der Waals surface area contributed by atoms with Crippen LogP contribution in [0.5, 0.6) is 0 Å². The van der Waals surface area contributed by atoms with E-state index in [0.29, 0.717) is 25.8 Å². The number of ether oxygens (including phenoxy) is 1. The Morgan fingerprint density at radius 1 is 1.21 bits per heavy atom. The van der Waals surface area contributed by atoms with Gasteiger partial charge in [-0.2, -0.15) is 0 Å². The van der Waals surface area contributed by atoms with Crippen molar-refractivity contribution in [1.82, 2.24) is 20.0 Å². The zero-order valence-corrected chi connectivity index (χ0v) is 12.1. The van der Waals surface area contributed by atoms with Crippen molar-refractivity contribution < 1.29 is 9.53 Å². The Morgan fingerprint density at radius 2 is 1.95 bits per heavy atom. The fourth-order valence-corrected chi connectivity index (χ4v) is 2.59. The normalized spacial score (nSPS) is 26.6. The molecular formula is C13H26N4O2. The van der Waals surface area contributed by atoms with Crippen molar-refractivity contribution in [2.24, 2.45) is 0 Å². The molecule has 2 saturated heterocycles. The molecule has 2 aliphatic heterocycles. The Bertz CT molecular complexity index is 294. The number of carbonyl (C=O) groups is 1. The van der Waals surface area contributed by atoms with Crippen LogP contribution in [0.4, 0.5) is 0 Å². The predicted octanol–water partition coefficient (Wildman–Crippen LogP) is -1.32. The number of hydrogen-bond donors (Lipinski definition) is 1. The van der Waals surface area contributed by atoms with Crippen molar-refractivity contribution in [2.45, 2.75) is 6.04 Å². The zero-order chi connectivity index (χ0) is 13.7. The topological polar surface area (TPSA) is 48.0 Å². The van der Waals surface area contributed by atoms with Crippen LogP contribution in [0.2, 0.25) is 0 Å². The minimum atomic E-state index is 0.190. The molecule has 2 heterocycles. The summed E-state index contributed by atoms with van der Waals surface area (Å²) in [6.45, 7) is 7.39. The predicted molar refractivity (Wildman–Crippen MR) is 74.2 cm³/mol. The van der Waals surface area contributed by atoms with E-state index in [1.165, 1.54) is 0 Å². The summed E-state index contributed by atoms with van der Waals surface area (Å²) in [7, 11) is 4.31. The fraction of sp³-hybridized carbons (Fsp3) is 0.923. The Kier molecular flexibility index (Phi) is 5.57. The molecule has 0 radical (unpaired) electrons. The molecule has 0 aliphatic carbocycles. The minimum absolute atomic E-state index is 0.190. The van der Waals surface area contributed by atoms with E-state index in [4.69, 9.17) is 4.74 Å². The third-order valence-corrected chi connectivity index (χ3v) is 4.00. The number of rotatable bonds is 4. The highest BCUT2D eigenvalue weighted by atomic mass is 16.5. The van der Waals surface area contributed by atoms with E-state index in [1.807, 2.05) is 4.90 Å². The van der Waals surface area contributed by atoms with E-state index < -0.39 is 0 Å². The number of carbonyl (C=O) groups excluding carboxylic acids is 1. The molecule has 2 fully saturated rings. The van der Waals surface area contributed by atoms with Gasteiger partial charge in [-0.3, -0.25) is 9.69 Å². The average Bonchev–Trinajstić information content (AvgIpc) is 2.43. The number of nitrogens with zero attached hydrogens (tertiary/aromatic N) is 3. The molecule has 110 valence electrons. The molecule has 1 unspecified atom stereocenters. The largest absolute Gasteiger partial charge is 0.378 e. The maximum absolute atomic E-state index is 12.0. The van der Waals surface area contributed by atoms with Crippen LogP contribution in [0.25, 0.3) is 0 Å². The van der Waals surface area contributed by atoms with Gasteiger partial charge in [0.1, 0.15) is 0 Å². The van der Waals surface area contributed by atoms with Crippen LogP contribution >= 0.6 is 0 Å². The van der Waals surface area contributed by atoms with Gasteiger partial charge in [0.2, 0.25) is 5.91 Å². The first-order valence-corrected chi connectivity index (χ1v) is 7.12. The maximum atomic E-state index is 12.0. The highest BCUT2D eigenvalue weighted by molar-refractivity contribution is 5.78. The number of likely N-dealkylation sites (N-methyl/N-ethyl adjacent to an activating group) is 2. The Balaban J connectivity index is 1.66. The van der Waals surface area contributed by atoms with E-state index in [1.54, 1.807) is 0 Å². The van der Waals surface area contributed by atoms with Gasteiger partial charge in [0, 0.05) is 45.3 Å². The molecule has 0 bridgehead atoms. The lowest BCUT2D eigenvalue weighted by atomic mass is 10.2. The molecule has 0 aromatic heterocycles. The molecule has 1 atom stereocenters. The lowest BCUT2D eigenvalue weighted by molar-refractivity contribution is -0.134. The summed E-state index contributed by atoms with van der Waals surface area (Å²) >= 11 is 0. The van der Waals surface area contributed by atoms with E-state index >= 15 is 0 Å². The van der Waals surface area contributed by atoms with Crippen molar-refractivity contribution in [3.05, 3.63) is 0 Å². The minimum Gasteiger partial charge on any atom is -0.378 e. The third-order valence-electron chi connectivity index (χ3n) is 4.00. The Labute approximate surface area is 115 Å². The number of piperazine rings is 1. The fourth-order valence-electron chi connectivity index (χ4n) is 2.59. The molecule has 2 rings (SSSR count). The SMILES string of the molecule is CN1CCN(C)C(CNCC(=O)N2CCOCC2)C1. The van der Waals surface area contributed by atoms with E-state index in [-0.39, 0.29) is 5.91 Å². The van der Waals surface area contributed by atoms with Gasteiger partial charge < -0.3 is 19.9 Å². The standard InChI is InChI=1S/C13H26N4O2/c1-15-3-4-16(2)12(11-15)9-14-10-13(18)17-5-7-19-8-6-17/h12,14H,3-11H2,1-2H3. The monoisotopic (exact) mass is 270 g/mol. The number of nitrogens with one attached hydrogen (secondary N) is 1. The lowest BCUT2D eigenvalue weighted by Gasteiger charge is -2.38. The summed E-state index contributed by atoms with van der Waals surface area (Å²) in [5.74, 6) is 0.190. The summed E-state index contributed by atoms with van der Waals surface area (Å²) in [6.07, 6.45) is 0. The summed E-state index contributed by atoms with van der Waals surface area (Å²) in [5.41, 5.74) is 0. The van der Waals surface area contributed by atoms with Gasteiger partial charge in [0.05, 0.1) is 19.8 Å². The third kappa shape index (κ3) is 4.42. The van der Waals surface area contributed by atoms with Crippen LogP contribution < -0.4 is 5.32 Å². The van der Waals surface area contributed by atoms with Gasteiger partial charge in [0.25, 0.3) is 0 Å². The van der Waals surface area contributed by atoms with Crippen LogP contribution in [-0.4, -0.2) is 99.8 Å². The van der Waals surface area contributed by atoms with E-state index in [2.05, 4.69) is 29.2 Å². The van der Waals surface area contributed by atoms with Gasteiger partial charge in [-0.1, -0.05) is 0 Å². The molecule has 0 aromatic rings. The number of hydrogen-bond acceptors (Lipinski definition) is 5. The van der Waals surface area contributed by atoms with Gasteiger partial charge >= 0.3 is 0 Å². The molecule has 1 amide bonds. The molecule has 0 saturated carbocycles. The van der Waals surface area contributed by atoms with Gasteiger partial charge in [-0.05, 0) is 14.1 Å². The summed E-state index contributed by atoms with van der Waals surface area (Å²) < 4.78 is 5.25. The summed E-state index contributed by atoms with van der Waals surface area (Å²) in [4.78, 5) is 18.6. The van der Waals surface area contributed by atoms with E-state index in [9.17, 15) is 4.79 Å². The first kappa shape index (κ1) is 14.7. The van der Waals surface area contributed by atoms with Crippen molar-refractivity contribution in [2.75, 3.05) is 73.1 Å². The molecule has 1 N–H and O–H groups in total. The zero-order valence-electron chi connectivity index (χ0n) is 12.1. The van der Waals surface area contributed by atoms with Gasteiger partial charge in [0.15, 0.2) is 0 Å². The molecule has 6 nitrogen and oxygen atoms in total. The first-order chi connectivity index (χ1) is 9.16. The van der Waals surface area contributed by atoms with Gasteiger partial charge in [-0.25, -0.2) is 0 Å². The smallest absolute Gasteiger partial charge is 0.236 e. The van der Waals surface area contributed by atoms with Crippen LogP contribution in [0.15, 0.2) is 0 Å². The molecule has 19 heavy (non-hydrogen) atoms. The second kappa shape index (κ2) is 7.19. The van der Waals surface area contributed by atoms with Crippen molar-refractivity contribution in [1.29, 1.82) is 0 Å². The highest BCUT2D eigenvalue weighted by Gasteiger charge is 2.22. The van der Waals surface area contributed by atoms with Crippen molar-refractivity contribution in [3.8, 4) is 0 Å². The Hall–Kier alpha value is -0.690. The van der Waals surface area contributed by atoms with E-state index in [0.717, 1.165) is 39.3 Å². The maximum Gasteiger partial charge on any atom is 0.236 e. The van der Waals surface area contributed by atoms with Crippen molar-refractivity contribution >= 4 is 5.91 Å². The lowest BCUT2D eigenvalue weighted by Crippen LogP contribution is -2.54. The van der Waals surface area contributed by atoms with Crippen LogP contribution in [-0.2, 0) is 9.53 Å². The van der Waals surface area contributed by atoms with Crippen molar-refractivity contribution in [3.63, 3.8) is 0 Å². The quantitative estimate of drug-likeness (QED) is 0.687. The molecule has 0 aromatic carbocycles. The van der Waals surface area contributed by atoms with Crippen LogP contribution in [0.3, 0.4) is 0 Å². The first-order valence-electron chi connectivity index (χ1n) is 7.12. The number of morpholine rings is 1. The van der Waals surface area contributed by atoms with Crippen LogP contribution in [0, 0.1) is 0 Å². The summed E-state index contributed by atoms with van der Waals surface area (Å²) in [6, 6.07) is 0.497.